The van der Waals surface area contributed by atoms with Gasteiger partial charge in [-0.05, 0) is 25.0 Å². The van der Waals surface area contributed by atoms with Crippen LogP contribution in [0.1, 0.15) is 27.3 Å². The molecular formula is C14H14N4O3. The Bertz CT molecular complexity index is 695. The predicted molar refractivity (Wildman–Crippen MR) is 72.8 cm³/mol. The summed E-state index contributed by atoms with van der Waals surface area (Å²) in [5.41, 5.74) is 1.97. The number of carboxylic acids is 1. The smallest absolute Gasteiger partial charge is 0.358 e. The molecule has 0 bridgehead atoms. The van der Waals surface area contributed by atoms with E-state index in [1.165, 1.54) is 4.68 Å². The summed E-state index contributed by atoms with van der Waals surface area (Å²) in [6.07, 6.45) is 0. The lowest BCUT2D eigenvalue weighted by molar-refractivity contribution is 0.0687. The van der Waals surface area contributed by atoms with Crippen molar-refractivity contribution < 1.29 is 14.6 Å². The first-order chi connectivity index (χ1) is 10.0. The molecule has 7 nitrogen and oxygen atoms in total. The van der Waals surface area contributed by atoms with Crippen molar-refractivity contribution in [2.45, 2.75) is 27.0 Å². The summed E-state index contributed by atoms with van der Waals surface area (Å²) in [5.74, 6) is -0.502. The van der Waals surface area contributed by atoms with Crippen LogP contribution in [0.4, 0.5) is 0 Å². The molecule has 0 aliphatic rings. The molecule has 1 aromatic heterocycles. The van der Waals surface area contributed by atoms with Gasteiger partial charge < -0.3 is 9.84 Å². The SMILES string of the molecule is Cc1cccc(C)c1OCc1c(C(=O)O)nnn1CC#N. The average molecular weight is 286 g/mol. The number of benzene rings is 1. The molecule has 0 radical (unpaired) electrons. The second kappa shape index (κ2) is 6.05. The van der Waals surface area contributed by atoms with E-state index in [-0.39, 0.29) is 24.5 Å². The van der Waals surface area contributed by atoms with Crippen molar-refractivity contribution >= 4 is 5.97 Å². The van der Waals surface area contributed by atoms with Gasteiger partial charge in [-0.3, -0.25) is 0 Å². The molecule has 7 heteroatoms. The van der Waals surface area contributed by atoms with Crippen molar-refractivity contribution in [1.29, 1.82) is 5.26 Å². The summed E-state index contributed by atoms with van der Waals surface area (Å²) >= 11 is 0. The third kappa shape index (κ3) is 3.00. The quantitative estimate of drug-likeness (QED) is 0.897. The van der Waals surface area contributed by atoms with E-state index in [0.29, 0.717) is 5.75 Å². The van der Waals surface area contributed by atoms with E-state index < -0.39 is 5.97 Å². The van der Waals surface area contributed by atoms with Gasteiger partial charge in [0.25, 0.3) is 0 Å². The van der Waals surface area contributed by atoms with Crippen LogP contribution in [-0.4, -0.2) is 26.1 Å². The highest BCUT2D eigenvalue weighted by Crippen LogP contribution is 2.23. The summed E-state index contributed by atoms with van der Waals surface area (Å²) in [7, 11) is 0. The molecule has 1 aromatic carbocycles. The maximum absolute atomic E-state index is 11.1. The lowest BCUT2D eigenvalue weighted by Gasteiger charge is -2.12. The van der Waals surface area contributed by atoms with Gasteiger partial charge in [0.05, 0.1) is 6.07 Å². The number of nitrogens with zero attached hydrogens (tertiary/aromatic N) is 4. The van der Waals surface area contributed by atoms with Crippen LogP contribution in [0.5, 0.6) is 5.75 Å². The Balaban J connectivity index is 2.29. The number of aromatic nitrogens is 3. The monoisotopic (exact) mass is 286 g/mol. The molecule has 0 fully saturated rings. The fraction of sp³-hybridized carbons (Fsp3) is 0.286. The van der Waals surface area contributed by atoms with Crippen LogP contribution in [0, 0.1) is 25.2 Å². The Kier molecular flexibility index (Phi) is 4.18. The van der Waals surface area contributed by atoms with Gasteiger partial charge in [0, 0.05) is 0 Å². The van der Waals surface area contributed by atoms with Crippen LogP contribution < -0.4 is 4.74 Å². The Morgan fingerprint density at radius 2 is 2.10 bits per heavy atom. The summed E-state index contributed by atoms with van der Waals surface area (Å²) < 4.78 is 6.95. The number of aryl methyl sites for hydroxylation is 2. The van der Waals surface area contributed by atoms with Gasteiger partial charge >= 0.3 is 5.97 Å². The molecule has 0 aliphatic heterocycles. The first kappa shape index (κ1) is 14.5. The minimum absolute atomic E-state index is 0.0119. The molecule has 0 aliphatic carbocycles. The topological polar surface area (TPSA) is 101 Å². The number of ether oxygens (including phenoxy) is 1. The van der Waals surface area contributed by atoms with Crippen molar-refractivity contribution in [3.05, 3.63) is 40.7 Å². The molecule has 0 saturated carbocycles. The molecule has 108 valence electrons. The van der Waals surface area contributed by atoms with E-state index in [1.807, 2.05) is 38.1 Å². The van der Waals surface area contributed by atoms with Gasteiger partial charge in [-0.1, -0.05) is 23.4 Å². The number of aromatic carboxylic acids is 1. The van der Waals surface area contributed by atoms with Crippen molar-refractivity contribution in [1.82, 2.24) is 15.0 Å². The molecule has 1 heterocycles. The van der Waals surface area contributed by atoms with Crippen LogP contribution in [0.3, 0.4) is 0 Å². The molecular weight excluding hydrogens is 272 g/mol. The first-order valence-corrected chi connectivity index (χ1v) is 6.26. The van der Waals surface area contributed by atoms with Crippen LogP contribution >= 0.6 is 0 Å². The minimum atomic E-state index is -1.20. The summed E-state index contributed by atoms with van der Waals surface area (Å²) in [6.45, 7) is 3.73. The highest BCUT2D eigenvalue weighted by atomic mass is 16.5. The number of carboxylic acid groups (broad SMARTS) is 1. The average Bonchev–Trinajstić information content (AvgIpc) is 2.82. The lowest BCUT2D eigenvalue weighted by Crippen LogP contribution is -2.11. The molecule has 0 amide bonds. The highest BCUT2D eigenvalue weighted by molar-refractivity contribution is 5.86. The first-order valence-electron chi connectivity index (χ1n) is 6.26. The highest BCUT2D eigenvalue weighted by Gasteiger charge is 2.20. The number of nitriles is 1. The van der Waals surface area contributed by atoms with E-state index in [1.54, 1.807) is 0 Å². The van der Waals surface area contributed by atoms with Crippen LogP contribution in [0.15, 0.2) is 18.2 Å². The van der Waals surface area contributed by atoms with Crippen LogP contribution in [0.2, 0.25) is 0 Å². The molecule has 0 saturated heterocycles. The van der Waals surface area contributed by atoms with Crippen molar-refractivity contribution in [3.8, 4) is 11.8 Å². The maximum atomic E-state index is 11.1. The second-order valence-electron chi connectivity index (χ2n) is 4.52. The molecule has 0 unspecified atom stereocenters. The molecule has 0 spiro atoms. The number of hydrogen-bond acceptors (Lipinski definition) is 5. The van der Waals surface area contributed by atoms with Gasteiger partial charge in [-0.2, -0.15) is 5.26 Å². The van der Waals surface area contributed by atoms with E-state index in [4.69, 9.17) is 15.1 Å². The van der Waals surface area contributed by atoms with Gasteiger partial charge in [0.15, 0.2) is 5.69 Å². The fourth-order valence-electron chi connectivity index (χ4n) is 2.00. The second-order valence-corrected chi connectivity index (χ2v) is 4.52. The number of hydrogen-bond donors (Lipinski definition) is 1. The van der Waals surface area contributed by atoms with Gasteiger partial charge in [0.1, 0.15) is 24.6 Å². The van der Waals surface area contributed by atoms with Crippen molar-refractivity contribution in [3.63, 3.8) is 0 Å². The zero-order valence-electron chi connectivity index (χ0n) is 11.7. The Hall–Kier alpha value is -2.88. The maximum Gasteiger partial charge on any atom is 0.358 e. The summed E-state index contributed by atoms with van der Waals surface area (Å²) in [4.78, 5) is 11.1. The number of rotatable bonds is 5. The minimum Gasteiger partial charge on any atom is -0.487 e. The van der Waals surface area contributed by atoms with E-state index in [2.05, 4.69) is 10.3 Å². The fourth-order valence-corrected chi connectivity index (χ4v) is 2.00. The zero-order chi connectivity index (χ0) is 15.4. The zero-order valence-corrected chi connectivity index (χ0v) is 11.7. The normalized spacial score (nSPS) is 10.1. The van der Waals surface area contributed by atoms with Gasteiger partial charge in [0.2, 0.25) is 0 Å². The standard InChI is InChI=1S/C14H14N4O3/c1-9-4-3-5-10(2)13(9)21-8-11-12(14(19)20)16-17-18(11)7-6-15/h3-5H,7-8H2,1-2H3,(H,19,20). The third-order valence-corrected chi connectivity index (χ3v) is 3.02. The Morgan fingerprint density at radius 1 is 1.43 bits per heavy atom. The van der Waals surface area contributed by atoms with Gasteiger partial charge in [-0.15, -0.1) is 5.10 Å². The molecule has 0 atom stereocenters. The van der Waals surface area contributed by atoms with E-state index in [9.17, 15) is 4.79 Å². The van der Waals surface area contributed by atoms with Crippen LogP contribution in [0.25, 0.3) is 0 Å². The predicted octanol–water partition coefficient (Wildman–Crippen LogP) is 1.70. The largest absolute Gasteiger partial charge is 0.487 e. The molecule has 2 rings (SSSR count). The Labute approximate surface area is 121 Å². The Morgan fingerprint density at radius 3 is 2.67 bits per heavy atom. The lowest BCUT2D eigenvalue weighted by atomic mass is 10.1. The third-order valence-electron chi connectivity index (χ3n) is 3.02. The molecule has 21 heavy (non-hydrogen) atoms. The van der Waals surface area contributed by atoms with Crippen LogP contribution in [-0.2, 0) is 13.2 Å². The number of carbonyl (C=O) groups is 1. The molecule has 1 N–H and O–H groups in total. The van der Waals surface area contributed by atoms with Gasteiger partial charge in [-0.25, -0.2) is 9.48 Å². The summed E-state index contributed by atoms with van der Waals surface area (Å²) in [6, 6.07) is 7.64. The van der Waals surface area contributed by atoms with E-state index >= 15 is 0 Å². The molecule has 2 aromatic rings. The van der Waals surface area contributed by atoms with Crippen molar-refractivity contribution in [2.75, 3.05) is 0 Å². The van der Waals surface area contributed by atoms with Crippen molar-refractivity contribution in [2.24, 2.45) is 0 Å². The summed E-state index contributed by atoms with van der Waals surface area (Å²) in [5, 5.41) is 25.1. The van der Waals surface area contributed by atoms with E-state index in [0.717, 1.165) is 11.1 Å². The number of para-hydroxylation sites is 1.